The summed E-state index contributed by atoms with van der Waals surface area (Å²) in [7, 11) is 0. The minimum atomic E-state index is 0.508. The normalized spacial score (nSPS) is 13.9. The number of nitrogens with one attached hydrogen (secondary N) is 2. The Balaban J connectivity index is 1.40. The van der Waals surface area contributed by atoms with Gasteiger partial charge in [-0.25, -0.2) is 4.98 Å². The zero-order chi connectivity index (χ0) is 22.5. The van der Waals surface area contributed by atoms with Crippen molar-refractivity contribution in [2.45, 2.75) is 13.1 Å². The van der Waals surface area contributed by atoms with Gasteiger partial charge in [-0.1, -0.05) is 30.3 Å². The first-order valence-corrected chi connectivity index (χ1v) is 11.2. The number of imidazole rings is 1. The van der Waals surface area contributed by atoms with Crippen LogP contribution in [-0.4, -0.2) is 52.4 Å². The molecule has 1 saturated heterocycles. The molecule has 0 saturated carbocycles. The van der Waals surface area contributed by atoms with E-state index in [-0.39, 0.29) is 0 Å². The molecule has 0 unspecified atom stereocenters. The molecule has 2 aromatic carbocycles. The van der Waals surface area contributed by atoms with E-state index >= 15 is 0 Å². The molecule has 1 fully saturated rings. The predicted octanol–water partition coefficient (Wildman–Crippen LogP) is 2.98. The van der Waals surface area contributed by atoms with Gasteiger partial charge < -0.3 is 30.6 Å². The molecule has 0 radical (unpaired) electrons. The molecular weight excluding hydrogens is 416 g/mol. The topological polar surface area (TPSA) is 106 Å². The maximum absolute atomic E-state index is 5.79. The van der Waals surface area contributed by atoms with E-state index in [1.165, 1.54) is 11.3 Å². The monoisotopic (exact) mass is 444 g/mol. The lowest BCUT2D eigenvalue weighted by Crippen LogP contribution is -2.36. The van der Waals surface area contributed by atoms with Crippen LogP contribution in [0, 0.1) is 0 Å². The summed E-state index contributed by atoms with van der Waals surface area (Å²) in [6.07, 6.45) is 1.76. The molecule has 0 bridgehead atoms. The van der Waals surface area contributed by atoms with Crippen LogP contribution in [0.2, 0.25) is 0 Å². The summed E-state index contributed by atoms with van der Waals surface area (Å²) in [6, 6.07) is 18.5. The fourth-order valence-electron chi connectivity index (χ4n) is 3.91. The molecule has 9 heteroatoms. The number of nitrogens with zero attached hydrogens (tertiary/aromatic N) is 5. The van der Waals surface area contributed by atoms with E-state index in [9.17, 15) is 0 Å². The summed E-state index contributed by atoms with van der Waals surface area (Å²) in [5.41, 5.74) is 10.5. The Hall–Kier alpha value is -3.69. The zero-order valence-corrected chi connectivity index (χ0v) is 18.4. The lowest BCUT2D eigenvalue weighted by atomic mass is 10.2. The van der Waals surface area contributed by atoms with Gasteiger partial charge in [0.2, 0.25) is 5.95 Å². The van der Waals surface area contributed by atoms with Crippen molar-refractivity contribution in [2.75, 3.05) is 48.4 Å². The molecule has 0 amide bonds. The minimum absolute atomic E-state index is 0.508. The highest BCUT2D eigenvalue weighted by Crippen LogP contribution is 2.25. The van der Waals surface area contributed by atoms with E-state index in [0.717, 1.165) is 43.2 Å². The van der Waals surface area contributed by atoms with E-state index in [0.29, 0.717) is 31.4 Å². The van der Waals surface area contributed by atoms with Crippen molar-refractivity contribution in [1.82, 2.24) is 19.5 Å². The first-order valence-electron chi connectivity index (χ1n) is 11.2. The van der Waals surface area contributed by atoms with Crippen LogP contribution in [0.15, 0.2) is 60.9 Å². The maximum Gasteiger partial charge on any atom is 0.231 e. The highest BCUT2D eigenvalue weighted by Gasteiger charge is 2.14. The second-order valence-electron chi connectivity index (χ2n) is 7.91. The molecule has 170 valence electrons. The van der Waals surface area contributed by atoms with Crippen molar-refractivity contribution in [1.29, 1.82) is 0 Å². The van der Waals surface area contributed by atoms with Crippen LogP contribution in [0.25, 0.3) is 11.2 Å². The molecule has 0 spiro atoms. The molecule has 5 rings (SSSR count). The summed E-state index contributed by atoms with van der Waals surface area (Å²) in [4.78, 5) is 16.3. The lowest BCUT2D eigenvalue weighted by Gasteiger charge is -2.28. The summed E-state index contributed by atoms with van der Waals surface area (Å²) in [5, 5.41) is 6.77. The largest absolute Gasteiger partial charge is 0.378 e. The average molecular weight is 445 g/mol. The first kappa shape index (κ1) is 21.2. The molecule has 1 aliphatic heterocycles. The van der Waals surface area contributed by atoms with E-state index < -0.39 is 0 Å². The van der Waals surface area contributed by atoms with Crippen LogP contribution in [-0.2, 0) is 17.8 Å². The Morgan fingerprint density at radius 3 is 2.52 bits per heavy atom. The second-order valence-corrected chi connectivity index (χ2v) is 7.91. The SMILES string of the molecule is NCCn1cnc2c(NCc3ccccc3)nc(Nc3ccc(N4CCOCC4)cc3)nc21. The van der Waals surface area contributed by atoms with Crippen molar-refractivity contribution in [3.05, 3.63) is 66.5 Å². The summed E-state index contributed by atoms with van der Waals surface area (Å²) in [5.74, 6) is 1.20. The Morgan fingerprint density at radius 2 is 1.76 bits per heavy atom. The van der Waals surface area contributed by atoms with Gasteiger partial charge in [0, 0.05) is 44.1 Å². The first-order chi connectivity index (χ1) is 16.3. The Bertz CT molecular complexity index is 1190. The fourth-order valence-corrected chi connectivity index (χ4v) is 3.91. The number of ether oxygens (including phenoxy) is 1. The number of rotatable bonds is 8. The van der Waals surface area contributed by atoms with Gasteiger partial charge in [0.15, 0.2) is 17.0 Å². The van der Waals surface area contributed by atoms with Crippen LogP contribution in [0.1, 0.15) is 5.56 Å². The number of morpholine rings is 1. The number of hydrogen-bond donors (Lipinski definition) is 3. The Labute approximate surface area is 192 Å². The van der Waals surface area contributed by atoms with E-state index in [1.807, 2.05) is 34.9 Å². The van der Waals surface area contributed by atoms with Crippen LogP contribution in [0.3, 0.4) is 0 Å². The zero-order valence-electron chi connectivity index (χ0n) is 18.4. The van der Waals surface area contributed by atoms with Crippen molar-refractivity contribution < 1.29 is 4.74 Å². The molecule has 3 heterocycles. The molecule has 0 aliphatic carbocycles. The van der Waals surface area contributed by atoms with Crippen LogP contribution >= 0.6 is 0 Å². The van der Waals surface area contributed by atoms with Crippen molar-refractivity contribution in [2.24, 2.45) is 5.73 Å². The Kier molecular flexibility index (Phi) is 6.32. The maximum atomic E-state index is 5.79. The van der Waals surface area contributed by atoms with Gasteiger partial charge in [0.25, 0.3) is 0 Å². The number of nitrogens with two attached hydrogens (primary N) is 1. The predicted molar refractivity (Wildman–Crippen MR) is 131 cm³/mol. The van der Waals surface area contributed by atoms with Gasteiger partial charge >= 0.3 is 0 Å². The summed E-state index contributed by atoms with van der Waals surface area (Å²) < 4.78 is 7.40. The molecule has 2 aromatic heterocycles. The Morgan fingerprint density at radius 1 is 0.970 bits per heavy atom. The molecular formula is C24H28N8O. The third kappa shape index (κ3) is 4.89. The van der Waals surface area contributed by atoms with E-state index in [2.05, 4.69) is 44.8 Å². The number of aromatic nitrogens is 4. The third-order valence-corrected chi connectivity index (χ3v) is 5.64. The van der Waals surface area contributed by atoms with Crippen LogP contribution in [0.4, 0.5) is 23.1 Å². The summed E-state index contributed by atoms with van der Waals surface area (Å²) in [6.45, 7) is 5.15. The molecule has 1 aliphatic rings. The van der Waals surface area contributed by atoms with Crippen molar-refractivity contribution in [3.8, 4) is 0 Å². The quantitative estimate of drug-likeness (QED) is 0.381. The van der Waals surface area contributed by atoms with Gasteiger partial charge in [-0.2, -0.15) is 9.97 Å². The number of anilines is 4. The molecule has 0 atom stereocenters. The van der Waals surface area contributed by atoms with Crippen molar-refractivity contribution >= 4 is 34.3 Å². The van der Waals surface area contributed by atoms with Gasteiger partial charge in [-0.05, 0) is 29.8 Å². The third-order valence-electron chi connectivity index (χ3n) is 5.64. The van der Waals surface area contributed by atoms with Gasteiger partial charge in [0.05, 0.1) is 19.5 Å². The number of fused-ring (bicyclic) bond motifs is 1. The van der Waals surface area contributed by atoms with Gasteiger partial charge in [0.1, 0.15) is 0 Å². The standard InChI is InChI=1S/C24H28N8O/c25-10-11-32-17-27-21-22(26-16-18-4-2-1-3-5-18)29-24(30-23(21)32)28-19-6-8-20(9-7-19)31-12-14-33-15-13-31/h1-9,17H,10-16,25H2,(H2,26,28,29,30). The number of hydrogen-bond acceptors (Lipinski definition) is 8. The minimum Gasteiger partial charge on any atom is -0.378 e. The fraction of sp³-hybridized carbons (Fsp3) is 0.292. The van der Waals surface area contributed by atoms with Crippen LogP contribution < -0.4 is 21.3 Å². The average Bonchev–Trinajstić information content (AvgIpc) is 3.27. The van der Waals surface area contributed by atoms with Crippen LogP contribution in [0.5, 0.6) is 0 Å². The molecule has 4 N–H and O–H groups in total. The van der Waals surface area contributed by atoms with Gasteiger partial charge in [-0.3, -0.25) is 0 Å². The van der Waals surface area contributed by atoms with E-state index in [4.69, 9.17) is 20.4 Å². The number of benzene rings is 2. The molecule has 9 nitrogen and oxygen atoms in total. The summed E-state index contributed by atoms with van der Waals surface area (Å²) >= 11 is 0. The molecule has 33 heavy (non-hydrogen) atoms. The smallest absolute Gasteiger partial charge is 0.231 e. The van der Waals surface area contributed by atoms with Gasteiger partial charge in [-0.15, -0.1) is 0 Å². The van der Waals surface area contributed by atoms with E-state index in [1.54, 1.807) is 6.33 Å². The lowest BCUT2D eigenvalue weighted by molar-refractivity contribution is 0.122. The molecule has 4 aromatic rings. The van der Waals surface area contributed by atoms with Crippen molar-refractivity contribution in [3.63, 3.8) is 0 Å². The second kappa shape index (κ2) is 9.85. The highest BCUT2D eigenvalue weighted by atomic mass is 16.5. The highest BCUT2D eigenvalue weighted by molar-refractivity contribution is 5.84.